The molecule has 0 saturated heterocycles. The Hall–Kier alpha value is -1.29. The fourth-order valence-corrected chi connectivity index (χ4v) is 1.59. The Morgan fingerprint density at radius 2 is 2.31 bits per heavy atom. The van der Waals surface area contributed by atoms with Gasteiger partial charge in [0.05, 0.1) is 17.9 Å². The van der Waals surface area contributed by atoms with Crippen molar-refractivity contribution in [1.82, 2.24) is 15.5 Å². The van der Waals surface area contributed by atoms with Crippen LogP contribution in [0, 0.1) is 0 Å². The van der Waals surface area contributed by atoms with E-state index in [-0.39, 0.29) is 0 Å². The molecule has 4 heteroatoms. The van der Waals surface area contributed by atoms with Crippen molar-refractivity contribution < 1.29 is 0 Å². The quantitative estimate of drug-likeness (QED) is 0.647. The molecule has 16 heavy (non-hydrogen) atoms. The maximum Gasteiger partial charge on any atom is 0.0756 e. The third-order valence-corrected chi connectivity index (χ3v) is 2.54. The average molecular weight is 222 g/mol. The monoisotopic (exact) mass is 222 g/mol. The lowest BCUT2D eigenvalue weighted by atomic mass is 10.3. The summed E-state index contributed by atoms with van der Waals surface area (Å²) in [7, 11) is 4.03. The van der Waals surface area contributed by atoms with Gasteiger partial charge >= 0.3 is 0 Å². The van der Waals surface area contributed by atoms with E-state index >= 15 is 0 Å². The van der Waals surface area contributed by atoms with E-state index in [9.17, 15) is 0 Å². The molecule has 0 fully saturated rings. The first-order valence-electron chi connectivity index (χ1n) is 5.79. The normalized spacial score (nSPS) is 15.2. The molecule has 0 unspecified atom stereocenters. The van der Waals surface area contributed by atoms with E-state index in [0.717, 1.165) is 31.9 Å². The fraction of sp³-hybridized carbons (Fsp3) is 0.583. The molecule has 1 rings (SSSR count). The molecule has 4 nitrogen and oxygen atoms in total. The van der Waals surface area contributed by atoms with Gasteiger partial charge in [-0.15, -0.1) is 0 Å². The minimum Gasteiger partial charge on any atom is -0.385 e. The maximum atomic E-state index is 4.28. The number of hydrogen-bond acceptors (Lipinski definition) is 4. The number of nitrogens with zero attached hydrogens (tertiary/aromatic N) is 2. The van der Waals surface area contributed by atoms with Crippen molar-refractivity contribution in [2.45, 2.75) is 6.92 Å². The zero-order chi connectivity index (χ0) is 11.8. The molecule has 1 heterocycles. The minimum atomic E-state index is 0.760. The lowest BCUT2D eigenvalue weighted by Gasteiger charge is -2.22. The Balaban J connectivity index is 2.66. The highest BCUT2D eigenvalue weighted by Gasteiger charge is 2.07. The van der Waals surface area contributed by atoms with Crippen molar-refractivity contribution in [3.8, 4) is 0 Å². The van der Waals surface area contributed by atoms with E-state index in [0.29, 0.717) is 0 Å². The van der Waals surface area contributed by atoms with Crippen LogP contribution in [0.5, 0.6) is 0 Å². The second kappa shape index (κ2) is 7.06. The first kappa shape index (κ1) is 12.8. The van der Waals surface area contributed by atoms with E-state index in [4.69, 9.17) is 0 Å². The molecule has 2 N–H and O–H groups in total. The standard InChI is InChI=1S/C12H22N4/c1-4-14-8-9-16(3)12-6-5-7-15-10-11(12)13-2/h5-6,10,13-14H,4,7-9H2,1-3H3. The second-order valence-corrected chi connectivity index (χ2v) is 3.72. The molecule has 1 aliphatic heterocycles. The van der Waals surface area contributed by atoms with E-state index in [2.05, 4.69) is 46.6 Å². The molecule has 0 atom stereocenters. The number of aliphatic imine (C=N–C) groups is 1. The van der Waals surface area contributed by atoms with Crippen LogP contribution in [0.3, 0.4) is 0 Å². The van der Waals surface area contributed by atoms with Crippen LogP contribution in [0.1, 0.15) is 6.92 Å². The Bertz CT molecular complexity index is 291. The largest absolute Gasteiger partial charge is 0.385 e. The Morgan fingerprint density at radius 1 is 1.50 bits per heavy atom. The molecule has 0 aliphatic carbocycles. The SMILES string of the molecule is CCNCCN(C)C1=C(NC)C=NCC=C1. The van der Waals surface area contributed by atoms with Crippen molar-refractivity contribution in [2.75, 3.05) is 40.3 Å². The van der Waals surface area contributed by atoms with Gasteiger partial charge in [-0.3, -0.25) is 4.99 Å². The number of nitrogens with one attached hydrogen (secondary N) is 2. The Kier molecular flexibility index (Phi) is 5.64. The van der Waals surface area contributed by atoms with Crippen LogP contribution in [-0.4, -0.2) is 51.4 Å². The van der Waals surface area contributed by atoms with Crippen LogP contribution in [0.2, 0.25) is 0 Å². The van der Waals surface area contributed by atoms with Crippen LogP contribution in [0.4, 0.5) is 0 Å². The summed E-state index contributed by atoms with van der Waals surface area (Å²) in [4.78, 5) is 6.52. The first-order chi connectivity index (χ1) is 7.79. The summed E-state index contributed by atoms with van der Waals surface area (Å²) in [6, 6.07) is 0. The highest BCUT2D eigenvalue weighted by atomic mass is 15.1. The van der Waals surface area contributed by atoms with Gasteiger partial charge in [-0.25, -0.2) is 0 Å². The molecule has 0 amide bonds. The molecular formula is C12H22N4. The highest BCUT2D eigenvalue weighted by Crippen LogP contribution is 2.09. The molecule has 1 aliphatic rings. The smallest absolute Gasteiger partial charge is 0.0756 e. The molecule has 0 aromatic heterocycles. The average Bonchev–Trinajstić information content (AvgIpc) is 2.54. The third kappa shape index (κ3) is 3.70. The van der Waals surface area contributed by atoms with Crippen molar-refractivity contribution in [3.05, 3.63) is 23.5 Å². The van der Waals surface area contributed by atoms with Gasteiger partial charge < -0.3 is 15.5 Å². The van der Waals surface area contributed by atoms with Crippen LogP contribution in [-0.2, 0) is 0 Å². The molecule has 0 spiro atoms. The van der Waals surface area contributed by atoms with Gasteiger partial charge in [0, 0.05) is 33.4 Å². The number of likely N-dealkylation sites (N-methyl/N-ethyl adjacent to an activating group) is 2. The molecule has 0 aromatic carbocycles. The van der Waals surface area contributed by atoms with Gasteiger partial charge in [-0.05, 0) is 12.6 Å². The van der Waals surface area contributed by atoms with Crippen LogP contribution in [0.15, 0.2) is 28.5 Å². The van der Waals surface area contributed by atoms with Gasteiger partial charge in [0.2, 0.25) is 0 Å². The number of hydrogen-bond donors (Lipinski definition) is 2. The molecule has 0 saturated carbocycles. The zero-order valence-electron chi connectivity index (χ0n) is 10.5. The topological polar surface area (TPSA) is 39.7 Å². The predicted octanol–water partition coefficient (Wildman–Crippen LogP) is 0.599. The van der Waals surface area contributed by atoms with Crippen molar-refractivity contribution >= 4 is 6.21 Å². The number of rotatable bonds is 6. The summed E-state index contributed by atoms with van der Waals surface area (Å²) in [6.45, 7) is 5.89. The van der Waals surface area contributed by atoms with E-state index in [1.54, 1.807) is 0 Å². The Labute approximate surface area is 98.1 Å². The third-order valence-electron chi connectivity index (χ3n) is 2.54. The zero-order valence-corrected chi connectivity index (χ0v) is 10.5. The lowest BCUT2D eigenvalue weighted by molar-refractivity contribution is 0.418. The van der Waals surface area contributed by atoms with Gasteiger partial charge in [-0.2, -0.15) is 0 Å². The van der Waals surface area contributed by atoms with Crippen LogP contribution < -0.4 is 10.6 Å². The van der Waals surface area contributed by atoms with Gasteiger partial charge in [-0.1, -0.05) is 13.0 Å². The molecular weight excluding hydrogens is 200 g/mol. The number of allylic oxidation sites excluding steroid dienone is 2. The minimum absolute atomic E-state index is 0.760. The summed E-state index contributed by atoms with van der Waals surface area (Å²) in [6.07, 6.45) is 6.11. The van der Waals surface area contributed by atoms with Crippen molar-refractivity contribution in [2.24, 2.45) is 4.99 Å². The summed E-state index contributed by atoms with van der Waals surface area (Å²) >= 11 is 0. The molecule has 0 aromatic rings. The van der Waals surface area contributed by atoms with E-state index < -0.39 is 0 Å². The molecule has 90 valence electrons. The Morgan fingerprint density at radius 3 is 3.00 bits per heavy atom. The van der Waals surface area contributed by atoms with Gasteiger partial charge in [0.15, 0.2) is 0 Å². The van der Waals surface area contributed by atoms with Crippen molar-refractivity contribution in [1.29, 1.82) is 0 Å². The van der Waals surface area contributed by atoms with Crippen molar-refractivity contribution in [3.63, 3.8) is 0 Å². The summed E-state index contributed by atoms with van der Waals surface area (Å²) < 4.78 is 0. The summed E-state index contributed by atoms with van der Waals surface area (Å²) in [5.41, 5.74) is 2.27. The second-order valence-electron chi connectivity index (χ2n) is 3.72. The molecule has 0 bridgehead atoms. The van der Waals surface area contributed by atoms with Gasteiger partial charge in [0.1, 0.15) is 0 Å². The fourth-order valence-electron chi connectivity index (χ4n) is 1.59. The highest BCUT2D eigenvalue weighted by molar-refractivity contribution is 5.80. The first-order valence-corrected chi connectivity index (χ1v) is 5.79. The van der Waals surface area contributed by atoms with Crippen LogP contribution in [0.25, 0.3) is 0 Å². The summed E-state index contributed by atoms with van der Waals surface area (Å²) in [5, 5.41) is 6.51. The lowest BCUT2D eigenvalue weighted by Crippen LogP contribution is -2.30. The van der Waals surface area contributed by atoms with E-state index in [1.165, 1.54) is 5.70 Å². The van der Waals surface area contributed by atoms with E-state index in [1.807, 2.05) is 13.3 Å². The van der Waals surface area contributed by atoms with Crippen LogP contribution >= 0.6 is 0 Å². The summed E-state index contributed by atoms with van der Waals surface area (Å²) in [5.74, 6) is 0. The molecule has 0 radical (unpaired) electrons. The maximum absolute atomic E-state index is 4.28. The predicted molar refractivity (Wildman–Crippen MR) is 69.8 cm³/mol. The van der Waals surface area contributed by atoms with Gasteiger partial charge in [0.25, 0.3) is 0 Å².